The number of fused-ring (bicyclic) bond motifs is 9. The van der Waals surface area contributed by atoms with E-state index in [1.165, 1.54) is 20.2 Å². The molecule has 51 heavy (non-hydrogen) atoms. The predicted octanol–water partition coefficient (Wildman–Crippen LogP) is 12.0. The van der Waals surface area contributed by atoms with E-state index in [2.05, 4.69) is 102 Å². The summed E-state index contributed by atoms with van der Waals surface area (Å²) >= 11 is 1.80. The van der Waals surface area contributed by atoms with E-state index in [-0.39, 0.29) is 6.17 Å². The van der Waals surface area contributed by atoms with Crippen LogP contribution in [0.25, 0.3) is 75.2 Å². The van der Waals surface area contributed by atoms with Gasteiger partial charge in [0.2, 0.25) is 0 Å². The van der Waals surface area contributed by atoms with Gasteiger partial charge in [0.05, 0.1) is 0 Å². The molecule has 0 saturated heterocycles. The Morgan fingerprint density at radius 3 is 2.02 bits per heavy atom. The van der Waals surface area contributed by atoms with Gasteiger partial charge in [-0.2, -0.15) is 0 Å². The number of para-hydroxylation sites is 3. The molecule has 1 N–H and O–H groups in total. The zero-order chi connectivity index (χ0) is 33.5. The highest BCUT2D eigenvalue weighted by atomic mass is 32.1. The van der Waals surface area contributed by atoms with Gasteiger partial charge < -0.3 is 14.2 Å². The molecule has 0 saturated carbocycles. The first-order valence-corrected chi connectivity index (χ1v) is 17.8. The molecule has 10 aromatic rings. The van der Waals surface area contributed by atoms with Crippen LogP contribution in [0.15, 0.2) is 170 Å². The molecule has 0 radical (unpaired) electrons. The predicted molar refractivity (Wildman–Crippen MR) is 211 cm³/mol. The molecule has 1 unspecified atom stereocenters. The van der Waals surface area contributed by atoms with Gasteiger partial charge in [0.25, 0.3) is 0 Å². The molecule has 5 nitrogen and oxygen atoms in total. The van der Waals surface area contributed by atoms with Gasteiger partial charge in [-0.25, -0.2) is 9.98 Å². The summed E-state index contributed by atoms with van der Waals surface area (Å²) in [6, 6.07) is 52.6. The zero-order valence-corrected chi connectivity index (χ0v) is 27.9. The van der Waals surface area contributed by atoms with E-state index in [0.717, 1.165) is 77.5 Å². The highest BCUT2D eigenvalue weighted by Gasteiger charge is 2.25. The third-order valence-electron chi connectivity index (χ3n) is 9.97. The number of aliphatic imine (C=N–C) groups is 2. The molecule has 1 aliphatic rings. The van der Waals surface area contributed by atoms with Crippen molar-refractivity contribution in [3.63, 3.8) is 0 Å². The van der Waals surface area contributed by atoms with Gasteiger partial charge in [-0.3, -0.25) is 0 Å². The van der Waals surface area contributed by atoms with Crippen LogP contribution in [0, 0.1) is 0 Å². The lowest BCUT2D eigenvalue weighted by Crippen LogP contribution is -2.33. The van der Waals surface area contributed by atoms with Crippen molar-refractivity contribution >= 4 is 87.1 Å². The minimum atomic E-state index is -0.362. The highest BCUT2D eigenvalue weighted by Crippen LogP contribution is 2.41. The van der Waals surface area contributed by atoms with Crippen LogP contribution in [-0.4, -0.2) is 11.7 Å². The molecule has 1 atom stereocenters. The Hall–Kier alpha value is -6.50. The van der Waals surface area contributed by atoms with E-state index in [4.69, 9.17) is 18.8 Å². The number of furan rings is 2. The Balaban J connectivity index is 1.04. The molecular formula is C45H27N3O2S. The first kappa shape index (κ1) is 28.3. The van der Waals surface area contributed by atoms with Gasteiger partial charge >= 0.3 is 0 Å². The third kappa shape index (κ3) is 4.47. The van der Waals surface area contributed by atoms with E-state index in [0.29, 0.717) is 5.84 Å². The maximum absolute atomic E-state index is 6.38. The monoisotopic (exact) mass is 673 g/mol. The number of amidine groups is 2. The van der Waals surface area contributed by atoms with Crippen molar-refractivity contribution in [2.45, 2.75) is 6.17 Å². The standard InChI is InChI=1S/C45H27N3O2S/c1-2-10-26(11-3-1)43-46-44(48-45(47-43)35-16-9-19-38-41(35)34-13-5-7-18-37(34)49-38)28-21-23-32-31-22-20-27(24-39(31)51-40(32)25-28)29-14-8-15-33-30-12-4-6-17-36(30)50-42(29)33/h1-25,45H,(H,46,47,48). The second kappa shape index (κ2) is 11.0. The maximum atomic E-state index is 6.38. The van der Waals surface area contributed by atoms with Crippen LogP contribution in [0.2, 0.25) is 0 Å². The summed E-state index contributed by atoms with van der Waals surface area (Å²) in [5, 5.41) is 10.5. The lowest BCUT2D eigenvalue weighted by Gasteiger charge is -2.24. The first-order chi connectivity index (χ1) is 25.2. The number of hydrogen-bond acceptors (Lipinski definition) is 6. The minimum absolute atomic E-state index is 0.362. The quantitative estimate of drug-likeness (QED) is 0.202. The van der Waals surface area contributed by atoms with Gasteiger partial charge in [0, 0.05) is 64.0 Å². The number of nitrogens with zero attached hydrogens (tertiary/aromatic N) is 2. The van der Waals surface area contributed by atoms with Gasteiger partial charge in [-0.1, -0.05) is 121 Å². The molecule has 3 aromatic heterocycles. The molecular weight excluding hydrogens is 647 g/mol. The Morgan fingerprint density at radius 2 is 1.18 bits per heavy atom. The van der Waals surface area contributed by atoms with Gasteiger partial charge in [0.15, 0.2) is 5.84 Å². The van der Waals surface area contributed by atoms with Crippen LogP contribution < -0.4 is 5.32 Å². The molecule has 0 aliphatic carbocycles. The van der Waals surface area contributed by atoms with E-state index in [1.54, 1.807) is 11.3 Å². The SMILES string of the molecule is c1ccc(C2=NC(c3ccc4c(c3)sc3cc(-c5cccc6c5oc5ccccc56)ccc34)=NC(c3cccc4oc5ccccc5c34)N2)cc1. The fraction of sp³-hybridized carbons (Fsp3) is 0.0222. The smallest absolute Gasteiger partial charge is 0.159 e. The fourth-order valence-electron chi connectivity index (χ4n) is 7.57. The van der Waals surface area contributed by atoms with Crippen LogP contribution >= 0.6 is 11.3 Å². The van der Waals surface area contributed by atoms with E-state index < -0.39 is 0 Å². The summed E-state index contributed by atoms with van der Waals surface area (Å²) in [7, 11) is 0. The van der Waals surface area contributed by atoms with Crippen LogP contribution in [-0.2, 0) is 0 Å². The summed E-state index contributed by atoms with van der Waals surface area (Å²) in [6.07, 6.45) is -0.362. The molecule has 7 aromatic carbocycles. The van der Waals surface area contributed by atoms with Gasteiger partial charge in [-0.05, 0) is 35.9 Å². The van der Waals surface area contributed by atoms with Gasteiger partial charge in [0.1, 0.15) is 34.3 Å². The van der Waals surface area contributed by atoms with Gasteiger partial charge in [-0.15, -0.1) is 11.3 Å². The number of thiophene rings is 1. The molecule has 6 heteroatoms. The molecule has 0 spiro atoms. The molecule has 11 rings (SSSR count). The molecule has 240 valence electrons. The summed E-state index contributed by atoms with van der Waals surface area (Å²) in [6.45, 7) is 0. The van der Waals surface area contributed by atoms with Crippen LogP contribution in [0.1, 0.15) is 22.9 Å². The Bertz CT molecular complexity index is 3070. The molecule has 0 amide bonds. The largest absolute Gasteiger partial charge is 0.456 e. The minimum Gasteiger partial charge on any atom is -0.456 e. The van der Waals surface area contributed by atoms with E-state index >= 15 is 0 Å². The van der Waals surface area contributed by atoms with Crippen LogP contribution in [0.5, 0.6) is 0 Å². The molecule has 0 bridgehead atoms. The molecule has 0 fully saturated rings. The Morgan fingerprint density at radius 1 is 0.510 bits per heavy atom. The van der Waals surface area contributed by atoms with E-state index in [1.807, 2.05) is 54.6 Å². The second-order valence-corrected chi connectivity index (χ2v) is 14.0. The summed E-state index contributed by atoms with van der Waals surface area (Å²) in [4.78, 5) is 10.4. The lowest BCUT2D eigenvalue weighted by atomic mass is 10.0. The first-order valence-electron chi connectivity index (χ1n) is 17.0. The summed E-state index contributed by atoms with van der Waals surface area (Å²) in [5.41, 5.74) is 8.82. The number of hydrogen-bond donors (Lipinski definition) is 1. The average Bonchev–Trinajstić information content (AvgIpc) is 3.88. The van der Waals surface area contributed by atoms with Crippen molar-refractivity contribution < 1.29 is 8.83 Å². The normalized spacial score (nSPS) is 14.9. The number of rotatable bonds is 4. The lowest BCUT2D eigenvalue weighted by molar-refractivity contribution is 0.662. The van der Waals surface area contributed by atoms with Crippen LogP contribution in [0.4, 0.5) is 0 Å². The third-order valence-corrected chi connectivity index (χ3v) is 11.1. The van der Waals surface area contributed by atoms with Crippen molar-refractivity contribution in [1.82, 2.24) is 5.32 Å². The van der Waals surface area contributed by atoms with Crippen LogP contribution in [0.3, 0.4) is 0 Å². The summed E-state index contributed by atoms with van der Waals surface area (Å²) in [5.74, 6) is 1.48. The van der Waals surface area contributed by atoms with Crippen molar-refractivity contribution in [2.24, 2.45) is 9.98 Å². The fourth-order valence-corrected chi connectivity index (χ4v) is 8.75. The molecule has 1 aliphatic heterocycles. The van der Waals surface area contributed by atoms with E-state index in [9.17, 15) is 0 Å². The van der Waals surface area contributed by atoms with Crippen molar-refractivity contribution in [2.75, 3.05) is 0 Å². The number of nitrogens with one attached hydrogen (secondary N) is 1. The Kier molecular flexibility index (Phi) is 6.12. The average molecular weight is 674 g/mol. The summed E-state index contributed by atoms with van der Waals surface area (Å²) < 4.78 is 15.0. The molecule has 4 heterocycles. The topological polar surface area (TPSA) is 63.0 Å². The van der Waals surface area contributed by atoms with Crippen molar-refractivity contribution in [3.8, 4) is 11.1 Å². The zero-order valence-electron chi connectivity index (χ0n) is 27.1. The maximum Gasteiger partial charge on any atom is 0.159 e. The van der Waals surface area contributed by atoms with Crippen molar-refractivity contribution in [1.29, 1.82) is 0 Å². The number of benzene rings is 7. The Labute approximate surface area is 295 Å². The second-order valence-electron chi connectivity index (χ2n) is 12.9. The van der Waals surface area contributed by atoms with Crippen molar-refractivity contribution in [3.05, 3.63) is 168 Å². The highest BCUT2D eigenvalue weighted by molar-refractivity contribution is 7.25.